The van der Waals surface area contributed by atoms with Crippen LogP contribution in [0.1, 0.15) is 43.1 Å². The highest BCUT2D eigenvalue weighted by atomic mass is 16.3. The van der Waals surface area contributed by atoms with E-state index in [0.717, 1.165) is 25.7 Å². The summed E-state index contributed by atoms with van der Waals surface area (Å²) >= 11 is 0. The van der Waals surface area contributed by atoms with Gasteiger partial charge in [0.2, 0.25) is 0 Å². The Balaban J connectivity index is 2.07. The second-order valence-electron chi connectivity index (χ2n) is 5.38. The number of carbonyl (C=O) groups excluding carboxylic acids is 1. The van der Waals surface area contributed by atoms with Gasteiger partial charge in [0.1, 0.15) is 0 Å². The number of nitrogens with two attached hydrogens (primary N) is 1. The Kier molecular flexibility index (Phi) is 3.80. The summed E-state index contributed by atoms with van der Waals surface area (Å²) in [5, 5.41) is 14.5. The van der Waals surface area contributed by atoms with Crippen LogP contribution in [0.4, 0.5) is 5.69 Å². The van der Waals surface area contributed by atoms with Gasteiger partial charge in [0.15, 0.2) is 5.69 Å². The summed E-state index contributed by atoms with van der Waals surface area (Å²) in [4.78, 5) is 13.8. The van der Waals surface area contributed by atoms with E-state index in [9.17, 15) is 9.90 Å². The Morgan fingerprint density at radius 3 is 2.74 bits per heavy atom. The number of rotatable bonds is 4. The van der Waals surface area contributed by atoms with Crippen molar-refractivity contribution in [3.05, 3.63) is 11.9 Å². The van der Waals surface area contributed by atoms with Gasteiger partial charge in [-0.1, -0.05) is 12.8 Å². The third-order valence-corrected chi connectivity index (χ3v) is 3.73. The number of anilines is 1. The van der Waals surface area contributed by atoms with Gasteiger partial charge >= 0.3 is 0 Å². The van der Waals surface area contributed by atoms with Gasteiger partial charge in [0, 0.05) is 26.3 Å². The molecule has 1 aliphatic carbocycles. The van der Waals surface area contributed by atoms with Crippen LogP contribution in [0, 0.1) is 0 Å². The van der Waals surface area contributed by atoms with Crippen LogP contribution in [-0.4, -0.2) is 44.9 Å². The van der Waals surface area contributed by atoms with E-state index < -0.39 is 5.60 Å². The maximum Gasteiger partial charge on any atom is 0.276 e. The molecule has 0 spiro atoms. The predicted octanol–water partition coefficient (Wildman–Crippen LogP) is 0.862. The summed E-state index contributed by atoms with van der Waals surface area (Å²) in [6, 6.07) is 0. The summed E-state index contributed by atoms with van der Waals surface area (Å²) in [6.07, 6.45) is 5.20. The largest absolute Gasteiger partial charge is 0.396 e. The van der Waals surface area contributed by atoms with Crippen LogP contribution in [0.5, 0.6) is 0 Å². The third-order valence-electron chi connectivity index (χ3n) is 3.73. The number of aliphatic hydroxyl groups is 1. The smallest absolute Gasteiger partial charge is 0.276 e. The van der Waals surface area contributed by atoms with Crippen molar-refractivity contribution in [2.45, 2.75) is 44.8 Å². The number of likely N-dealkylation sites (N-methyl/N-ethyl adjacent to an activating group) is 1. The van der Waals surface area contributed by atoms with Crippen LogP contribution in [-0.2, 0) is 6.54 Å². The van der Waals surface area contributed by atoms with Crippen LogP contribution in [0.25, 0.3) is 0 Å². The van der Waals surface area contributed by atoms with Crippen LogP contribution in [0.15, 0.2) is 6.20 Å². The second kappa shape index (κ2) is 5.21. The van der Waals surface area contributed by atoms with Gasteiger partial charge in [-0.15, -0.1) is 0 Å². The van der Waals surface area contributed by atoms with Crippen molar-refractivity contribution in [3.8, 4) is 0 Å². The lowest BCUT2D eigenvalue weighted by molar-refractivity contribution is 0.0155. The van der Waals surface area contributed by atoms with Gasteiger partial charge in [0.25, 0.3) is 5.91 Å². The average Bonchev–Trinajstić information content (AvgIpc) is 2.94. The number of aromatic nitrogens is 2. The molecule has 19 heavy (non-hydrogen) atoms. The van der Waals surface area contributed by atoms with E-state index in [1.807, 2.05) is 6.92 Å². The lowest BCUT2D eigenvalue weighted by atomic mass is 10.0. The van der Waals surface area contributed by atoms with Crippen LogP contribution >= 0.6 is 0 Å². The van der Waals surface area contributed by atoms with Gasteiger partial charge in [-0.05, 0) is 19.8 Å². The number of carbonyl (C=O) groups is 1. The summed E-state index contributed by atoms with van der Waals surface area (Å²) in [5.41, 5.74) is 5.72. The molecule has 0 saturated heterocycles. The van der Waals surface area contributed by atoms with E-state index in [1.165, 1.54) is 4.90 Å². The zero-order valence-electron chi connectivity index (χ0n) is 11.6. The lowest BCUT2D eigenvalue weighted by Gasteiger charge is -2.28. The van der Waals surface area contributed by atoms with Crippen molar-refractivity contribution >= 4 is 11.6 Å². The molecule has 0 aromatic carbocycles. The number of hydrogen-bond donors (Lipinski definition) is 2. The molecule has 0 bridgehead atoms. The fourth-order valence-corrected chi connectivity index (χ4v) is 2.65. The molecule has 1 aromatic rings. The van der Waals surface area contributed by atoms with E-state index in [0.29, 0.717) is 18.8 Å². The Morgan fingerprint density at radius 2 is 2.21 bits per heavy atom. The first-order valence-electron chi connectivity index (χ1n) is 6.76. The molecule has 1 saturated carbocycles. The van der Waals surface area contributed by atoms with E-state index in [4.69, 9.17) is 5.73 Å². The van der Waals surface area contributed by atoms with E-state index >= 15 is 0 Å². The first kappa shape index (κ1) is 13.9. The van der Waals surface area contributed by atoms with E-state index in [-0.39, 0.29) is 11.6 Å². The zero-order valence-corrected chi connectivity index (χ0v) is 11.6. The Morgan fingerprint density at radius 1 is 1.58 bits per heavy atom. The molecule has 106 valence electrons. The minimum absolute atomic E-state index is 0.231. The molecule has 0 unspecified atom stereocenters. The van der Waals surface area contributed by atoms with Gasteiger partial charge < -0.3 is 15.7 Å². The zero-order chi connectivity index (χ0) is 14.0. The predicted molar refractivity (Wildman–Crippen MR) is 72.7 cm³/mol. The van der Waals surface area contributed by atoms with Crippen molar-refractivity contribution in [3.63, 3.8) is 0 Å². The SMILES string of the molecule is CCn1cc(N)c(C(=O)N(C)CC2(O)CCCC2)n1. The van der Waals surface area contributed by atoms with Crippen molar-refractivity contribution in [2.75, 3.05) is 19.3 Å². The molecular formula is C13H22N4O2. The molecule has 1 aromatic heterocycles. The molecule has 6 heteroatoms. The second-order valence-corrected chi connectivity index (χ2v) is 5.38. The molecule has 0 atom stereocenters. The Bertz CT molecular complexity index is 463. The number of aryl methyl sites for hydroxylation is 1. The molecule has 6 nitrogen and oxygen atoms in total. The van der Waals surface area contributed by atoms with Gasteiger partial charge in [0.05, 0.1) is 11.3 Å². The summed E-state index contributed by atoms with van der Waals surface area (Å²) in [5.74, 6) is -0.231. The third kappa shape index (κ3) is 2.89. The fraction of sp³-hybridized carbons (Fsp3) is 0.692. The first-order chi connectivity index (χ1) is 8.95. The summed E-state index contributed by atoms with van der Waals surface area (Å²) in [6.45, 7) is 2.95. The minimum Gasteiger partial charge on any atom is -0.396 e. The number of hydrogen-bond acceptors (Lipinski definition) is 4. The minimum atomic E-state index is -0.744. The molecule has 1 aliphatic rings. The maximum absolute atomic E-state index is 12.3. The summed E-state index contributed by atoms with van der Waals surface area (Å²) in [7, 11) is 1.68. The highest BCUT2D eigenvalue weighted by Crippen LogP contribution is 2.30. The van der Waals surface area contributed by atoms with Crippen molar-refractivity contribution in [2.24, 2.45) is 0 Å². The highest BCUT2D eigenvalue weighted by molar-refractivity contribution is 5.96. The lowest BCUT2D eigenvalue weighted by Crippen LogP contribution is -2.42. The van der Waals surface area contributed by atoms with Crippen LogP contribution in [0.2, 0.25) is 0 Å². The van der Waals surface area contributed by atoms with E-state index in [2.05, 4.69) is 5.10 Å². The molecule has 3 N–H and O–H groups in total. The molecule has 0 aliphatic heterocycles. The fourth-order valence-electron chi connectivity index (χ4n) is 2.65. The Hall–Kier alpha value is -1.56. The summed E-state index contributed by atoms with van der Waals surface area (Å²) < 4.78 is 1.64. The standard InChI is InChI=1S/C13H22N4O2/c1-3-17-8-10(14)11(15-17)12(18)16(2)9-13(19)6-4-5-7-13/h8,19H,3-7,9,14H2,1-2H3. The van der Waals surface area contributed by atoms with E-state index in [1.54, 1.807) is 17.9 Å². The van der Waals surface area contributed by atoms with Crippen molar-refractivity contribution < 1.29 is 9.90 Å². The topological polar surface area (TPSA) is 84.4 Å². The quantitative estimate of drug-likeness (QED) is 0.846. The number of nitrogens with zero attached hydrogens (tertiary/aromatic N) is 3. The molecule has 1 fully saturated rings. The van der Waals surface area contributed by atoms with Crippen LogP contribution in [0.3, 0.4) is 0 Å². The van der Waals surface area contributed by atoms with Crippen molar-refractivity contribution in [1.29, 1.82) is 0 Å². The highest BCUT2D eigenvalue weighted by Gasteiger charge is 2.34. The maximum atomic E-state index is 12.3. The first-order valence-corrected chi connectivity index (χ1v) is 6.76. The molecule has 1 heterocycles. The number of amides is 1. The Labute approximate surface area is 113 Å². The van der Waals surface area contributed by atoms with Gasteiger partial charge in [-0.3, -0.25) is 9.48 Å². The normalized spacial score (nSPS) is 17.6. The van der Waals surface area contributed by atoms with Crippen LogP contribution < -0.4 is 5.73 Å². The van der Waals surface area contributed by atoms with Gasteiger partial charge in [-0.25, -0.2) is 0 Å². The van der Waals surface area contributed by atoms with Gasteiger partial charge in [-0.2, -0.15) is 5.10 Å². The average molecular weight is 266 g/mol. The molecule has 1 amide bonds. The van der Waals surface area contributed by atoms with Crippen molar-refractivity contribution in [1.82, 2.24) is 14.7 Å². The molecule has 2 rings (SSSR count). The molecular weight excluding hydrogens is 244 g/mol. The number of nitrogen functional groups attached to an aromatic ring is 1. The molecule has 0 radical (unpaired) electrons. The monoisotopic (exact) mass is 266 g/mol.